The van der Waals surface area contributed by atoms with Crippen LogP contribution in [0.5, 0.6) is 5.75 Å². The predicted molar refractivity (Wildman–Crippen MR) is 108 cm³/mol. The second-order valence-electron chi connectivity index (χ2n) is 6.35. The molecule has 0 fully saturated rings. The molecule has 134 valence electrons. The van der Waals surface area contributed by atoms with Crippen molar-refractivity contribution in [2.75, 3.05) is 0 Å². The molecule has 4 aromatic rings. The van der Waals surface area contributed by atoms with Gasteiger partial charge in [-0.1, -0.05) is 53.6 Å². The third kappa shape index (κ3) is 3.71. The summed E-state index contributed by atoms with van der Waals surface area (Å²) in [6, 6.07) is 20.7. The van der Waals surface area contributed by atoms with Gasteiger partial charge in [-0.2, -0.15) is 0 Å². The lowest BCUT2D eigenvalue weighted by Crippen LogP contribution is -2.10. The number of fused-ring (bicyclic) bond motifs is 1. The van der Waals surface area contributed by atoms with E-state index in [9.17, 15) is 4.79 Å². The predicted octanol–water partition coefficient (Wildman–Crippen LogP) is 5.13. The summed E-state index contributed by atoms with van der Waals surface area (Å²) in [5.74, 6) is 1.04. The lowest BCUT2D eigenvalue weighted by molar-refractivity contribution is 0.307. The van der Waals surface area contributed by atoms with Crippen LogP contribution in [0.25, 0.3) is 22.3 Å². The third-order valence-corrected chi connectivity index (χ3v) is 4.52. The van der Waals surface area contributed by atoms with Crippen LogP contribution in [0.1, 0.15) is 11.1 Å². The quantitative estimate of drug-likeness (QED) is 0.537. The Balaban J connectivity index is 1.74. The summed E-state index contributed by atoms with van der Waals surface area (Å²) >= 11 is 6.19. The third-order valence-electron chi connectivity index (χ3n) is 4.29. The van der Waals surface area contributed by atoms with Gasteiger partial charge in [-0.05, 0) is 42.8 Å². The average molecular weight is 377 g/mol. The maximum atomic E-state index is 12.4. The minimum Gasteiger partial charge on any atom is -0.488 e. The number of ether oxygens (including phenoxy) is 1. The van der Waals surface area contributed by atoms with Crippen LogP contribution in [0.2, 0.25) is 5.02 Å². The number of hydrogen-bond acceptors (Lipinski definition) is 3. The second-order valence-corrected chi connectivity index (χ2v) is 6.79. The van der Waals surface area contributed by atoms with Crippen molar-refractivity contribution in [2.45, 2.75) is 13.5 Å². The van der Waals surface area contributed by atoms with Gasteiger partial charge in [0.1, 0.15) is 18.2 Å². The molecule has 0 bridgehead atoms. The molecule has 1 heterocycles. The summed E-state index contributed by atoms with van der Waals surface area (Å²) in [5, 5.41) is 1.09. The normalized spacial score (nSPS) is 10.9. The highest BCUT2D eigenvalue weighted by Crippen LogP contribution is 2.31. The molecule has 4 rings (SSSR count). The molecule has 0 aliphatic carbocycles. The Bertz CT molecular complexity index is 1180. The molecule has 0 unspecified atom stereocenters. The van der Waals surface area contributed by atoms with Gasteiger partial charge in [0.25, 0.3) is 5.56 Å². The van der Waals surface area contributed by atoms with Crippen LogP contribution < -0.4 is 10.3 Å². The van der Waals surface area contributed by atoms with Gasteiger partial charge in [0.15, 0.2) is 0 Å². The van der Waals surface area contributed by atoms with Gasteiger partial charge in [-0.25, -0.2) is 4.98 Å². The monoisotopic (exact) mass is 376 g/mol. The number of aromatic amines is 1. The molecule has 0 saturated carbocycles. The maximum absolute atomic E-state index is 12.4. The average Bonchev–Trinajstić information content (AvgIpc) is 2.67. The van der Waals surface area contributed by atoms with E-state index in [1.807, 2.05) is 43.3 Å². The molecule has 1 N–H and O–H groups in total. The van der Waals surface area contributed by atoms with E-state index in [1.165, 1.54) is 5.56 Å². The highest BCUT2D eigenvalue weighted by Gasteiger charge is 2.12. The number of aryl methyl sites for hydroxylation is 1. The van der Waals surface area contributed by atoms with E-state index in [4.69, 9.17) is 16.3 Å². The minimum atomic E-state index is -0.194. The summed E-state index contributed by atoms with van der Waals surface area (Å²) in [6.45, 7) is 2.45. The molecule has 1 aromatic heterocycles. The molecule has 0 spiro atoms. The van der Waals surface area contributed by atoms with E-state index in [0.29, 0.717) is 39.7 Å². The number of rotatable bonds is 4. The van der Waals surface area contributed by atoms with E-state index in [1.54, 1.807) is 24.3 Å². The fourth-order valence-electron chi connectivity index (χ4n) is 2.99. The first-order chi connectivity index (χ1) is 13.1. The number of halogens is 1. The molecule has 0 aliphatic heterocycles. The number of nitrogens with zero attached hydrogens (tertiary/aromatic N) is 1. The fraction of sp³-hybridized carbons (Fsp3) is 0.0909. The van der Waals surface area contributed by atoms with Gasteiger partial charge in [0.05, 0.1) is 16.5 Å². The highest BCUT2D eigenvalue weighted by molar-refractivity contribution is 6.30. The Morgan fingerprint density at radius 1 is 1.04 bits per heavy atom. The molecule has 0 atom stereocenters. The van der Waals surface area contributed by atoms with Crippen LogP contribution in [0.15, 0.2) is 71.5 Å². The van der Waals surface area contributed by atoms with Crippen LogP contribution in [0, 0.1) is 6.92 Å². The Kier molecular flexibility index (Phi) is 4.65. The summed E-state index contributed by atoms with van der Waals surface area (Å²) in [6.07, 6.45) is 0. The zero-order chi connectivity index (χ0) is 18.8. The van der Waals surface area contributed by atoms with Crippen molar-refractivity contribution in [3.8, 4) is 17.1 Å². The van der Waals surface area contributed by atoms with Crippen molar-refractivity contribution in [2.24, 2.45) is 0 Å². The first-order valence-corrected chi connectivity index (χ1v) is 8.95. The van der Waals surface area contributed by atoms with Gasteiger partial charge in [-0.15, -0.1) is 0 Å². The Morgan fingerprint density at radius 2 is 1.89 bits per heavy atom. The largest absolute Gasteiger partial charge is 0.488 e. The zero-order valence-electron chi connectivity index (χ0n) is 14.7. The van der Waals surface area contributed by atoms with Crippen molar-refractivity contribution in [1.82, 2.24) is 9.97 Å². The molecular formula is C22H17ClN2O2. The van der Waals surface area contributed by atoms with Crippen molar-refractivity contribution < 1.29 is 4.74 Å². The molecule has 0 radical (unpaired) electrons. The summed E-state index contributed by atoms with van der Waals surface area (Å²) in [4.78, 5) is 19.8. The fourth-order valence-corrected chi connectivity index (χ4v) is 3.16. The van der Waals surface area contributed by atoms with E-state index in [2.05, 4.69) is 16.0 Å². The first-order valence-electron chi connectivity index (χ1n) is 8.57. The van der Waals surface area contributed by atoms with Crippen molar-refractivity contribution in [1.29, 1.82) is 0 Å². The van der Waals surface area contributed by atoms with Crippen LogP contribution >= 0.6 is 11.6 Å². The van der Waals surface area contributed by atoms with Crippen molar-refractivity contribution >= 4 is 22.5 Å². The van der Waals surface area contributed by atoms with Crippen molar-refractivity contribution in [3.63, 3.8) is 0 Å². The van der Waals surface area contributed by atoms with E-state index < -0.39 is 0 Å². The lowest BCUT2D eigenvalue weighted by Gasteiger charge is -2.12. The number of para-hydroxylation sites is 1. The molecule has 0 saturated heterocycles. The second kappa shape index (κ2) is 7.25. The lowest BCUT2D eigenvalue weighted by atomic mass is 10.1. The molecule has 4 nitrogen and oxygen atoms in total. The van der Waals surface area contributed by atoms with Gasteiger partial charge in [-0.3, -0.25) is 4.79 Å². The van der Waals surface area contributed by atoms with Crippen LogP contribution in [-0.4, -0.2) is 9.97 Å². The topological polar surface area (TPSA) is 55.0 Å². The first kappa shape index (κ1) is 17.3. The van der Waals surface area contributed by atoms with Crippen molar-refractivity contribution in [3.05, 3.63) is 93.2 Å². The molecular weight excluding hydrogens is 360 g/mol. The Morgan fingerprint density at radius 3 is 2.74 bits per heavy atom. The van der Waals surface area contributed by atoms with E-state index in [-0.39, 0.29) is 5.56 Å². The number of aromatic nitrogens is 2. The summed E-state index contributed by atoms with van der Waals surface area (Å²) < 4.78 is 6.02. The number of benzene rings is 3. The zero-order valence-corrected chi connectivity index (χ0v) is 15.5. The van der Waals surface area contributed by atoms with Gasteiger partial charge in [0.2, 0.25) is 0 Å². The van der Waals surface area contributed by atoms with E-state index >= 15 is 0 Å². The van der Waals surface area contributed by atoms with Crippen LogP contribution in [-0.2, 0) is 6.61 Å². The van der Waals surface area contributed by atoms with E-state index in [0.717, 1.165) is 5.56 Å². The Labute approximate surface area is 161 Å². The minimum absolute atomic E-state index is 0.194. The number of H-pyrrole nitrogens is 1. The Hall–Kier alpha value is -3.11. The molecule has 0 aliphatic rings. The standard InChI is InChI=1S/C22H17ClN2O2/c1-14-5-4-6-15(11-14)13-27-20-10-9-16(23)12-18(20)21-24-19-8-3-2-7-17(19)22(26)25-21/h2-12H,13H2,1H3,(H,24,25,26). The number of nitrogens with one attached hydrogen (secondary N) is 1. The molecule has 5 heteroatoms. The molecule has 27 heavy (non-hydrogen) atoms. The highest BCUT2D eigenvalue weighted by atomic mass is 35.5. The molecule has 0 amide bonds. The van der Waals surface area contributed by atoms with Gasteiger partial charge in [0, 0.05) is 5.02 Å². The summed E-state index contributed by atoms with van der Waals surface area (Å²) in [5.41, 5.74) is 3.32. The maximum Gasteiger partial charge on any atom is 0.259 e. The summed E-state index contributed by atoms with van der Waals surface area (Å²) in [7, 11) is 0. The smallest absolute Gasteiger partial charge is 0.259 e. The number of hydrogen-bond donors (Lipinski definition) is 1. The SMILES string of the molecule is Cc1cccc(COc2ccc(Cl)cc2-c2nc3ccccc3c(=O)[nH]2)c1. The van der Waals surface area contributed by atoms with Crippen LogP contribution in [0.4, 0.5) is 0 Å². The molecule has 3 aromatic carbocycles. The van der Waals surface area contributed by atoms with Crippen LogP contribution in [0.3, 0.4) is 0 Å². The van der Waals surface area contributed by atoms with Gasteiger partial charge >= 0.3 is 0 Å². The van der Waals surface area contributed by atoms with Gasteiger partial charge < -0.3 is 9.72 Å².